The maximum Gasteiger partial charge on any atom is 0.247 e. The number of aromatic nitrogens is 5. The van der Waals surface area contributed by atoms with Gasteiger partial charge in [-0.25, -0.2) is 9.67 Å². The Morgan fingerprint density at radius 2 is 1.31 bits per heavy atom. The first kappa shape index (κ1) is 104. The molecule has 3 aliphatic heterocycles. The molecule has 8 amide bonds. The van der Waals surface area contributed by atoms with Crippen LogP contribution in [0.5, 0.6) is 11.5 Å². The summed E-state index contributed by atoms with van der Waals surface area (Å²) in [5.74, 6) is -2.74. The number of imidazole rings is 1. The van der Waals surface area contributed by atoms with Crippen molar-refractivity contribution in [1.82, 2.24) is 70.7 Å². The van der Waals surface area contributed by atoms with Gasteiger partial charge in [0.2, 0.25) is 47.3 Å². The smallest absolute Gasteiger partial charge is 0.247 e. The summed E-state index contributed by atoms with van der Waals surface area (Å²) >= 11 is 13.2. The number of nitrogens with one attached hydrogen (secondary N) is 5. The minimum absolute atomic E-state index is 0.00251. The van der Waals surface area contributed by atoms with Crippen LogP contribution in [-0.4, -0.2) is 336 Å². The molecule has 39 heteroatoms. The van der Waals surface area contributed by atoms with E-state index in [0.717, 1.165) is 41.1 Å². The molecule has 4 fully saturated rings. The lowest BCUT2D eigenvalue weighted by Gasteiger charge is -2.42. The summed E-state index contributed by atoms with van der Waals surface area (Å²) in [6.45, 7) is 6.79. The molecule has 3 saturated heterocycles. The van der Waals surface area contributed by atoms with Crippen LogP contribution in [0.2, 0.25) is 10.0 Å². The van der Waals surface area contributed by atoms with Crippen LogP contribution >= 0.6 is 23.2 Å². The summed E-state index contributed by atoms with van der Waals surface area (Å²) in [4.78, 5) is 126. The maximum atomic E-state index is 16.1. The number of benzene rings is 4. The van der Waals surface area contributed by atoms with Crippen molar-refractivity contribution >= 4 is 70.5 Å². The van der Waals surface area contributed by atoms with Gasteiger partial charge in [0.05, 0.1) is 182 Å². The number of hydrogen-bond acceptors (Lipinski definition) is 27. The molecule has 4 aliphatic rings. The van der Waals surface area contributed by atoms with E-state index in [9.17, 15) is 29.4 Å². The average molecular weight is 1870 g/mol. The minimum atomic E-state index is -1.36. The van der Waals surface area contributed by atoms with Crippen molar-refractivity contribution in [3.05, 3.63) is 148 Å². The van der Waals surface area contributed by atoms with E-state index in [0.29, 0.717) is 92.6 Å². The zero-order valence-electron chi connectivity index (χ0n) is 76.1. The Balaban J connectivity index is 0.651. The lowest BCUT2D eigenvalue weighted by molar-refractivity contribution is -0.238. The zero-order chi connectivity index (χ0) is 93.4. The molecule has 4 aromatic carbocycles. The van der Waals surface area contributed by atoms with E-state index in [4.69, 9.17) is 84.8 Å². The normalized spacial score (nSPS) is 21.8. The summed E-state index contributed by atoms with van der Waals surface area (Å²) in [7, 11) is 10.6. The van der Waals surface area contributed by atoms with E-state index in [-0.39, 0.29) is 199 Å². The van der Waals surface area contributed by atoms with Gasteiger partial charge in [-0.1, -0.05) is 89.8 Å². The Kier molecular flexibility index (Phi) is 43.5. The van der Waals surface area contributed by atoms with Crippen molar-refractivity contribution in [2.75, 3.05) is 174 Å². The van der Waals surface area contributed by atoms with Gasteiger partial charge < -0.3 is 123 Å². The molecule has 2 bridgehead atoms. The standard InChI is InChI=1S/C92H130Cl2N14O23/c1-63(109)98-85-86(114)87(115)92(62-129-91(85)131-92)61-128-49-48-126-47-46-125-43-40-122-37-33-107-57-71(101-102-107)59-127-36-32-96-82(111)30-35-121-39-42-124-45-44-123-41-38-120-34-29-81(110)95-31-13-18-77-88(116)100-75(60-119-7)90(118)104(4)72(51-65-19-24-69(93)25-20-65)54-83(112)99-74-16-11-12-17-76(74)106(6)89(117)68(50-64-14-9-8-10-15-64)52-84(113)108(77)56-67-21-26-70(94)53-79(67)130-73-27-22-66(23-28-73)78-55-97-80(105(78)5)58-103(2)3/h8-10,14-15,19-28,53,55,57,68,72,74-77,85-87,91,114-115H,11-13,16-18,29-52,54,56,58-62H2,1-7H3,(H,95,110)(H,96,111)(H,98,109)(H,99,112)(H,100,116)/t68-,72+,74+,75+,76+,77+,85-,86-,87-,91+,92+/m1/s1. The monoisotopic (exact) mass is 1870 g/mol. The van der Waals surface area contributed by atoms with E-state index < -0.39 is 84.0 Å². The summed E-state index contributed by atoms with van der Waals surface area (Å²) in [6, 6.07) is 23.8. The first-order valence-electron chi connectivity index (χ1n) is 44.8. The van der Waals surface area contributed by atoms with Crippen LogP contribution in [-0.2, 0) is 141 Å². The number of methoxy groups -OCH3 is 1. The highest BCUT2D eigenvalue weighted by molar-refractivity contribution is 6.31. The van der Waals surface area contributed by atoms with Gasteiger partial charge in [-0.2, -0.15) is 0 Å². The van der Waals surface area contributed by atoms with Crippen LogP contribution < -0.4 is 31.3 Å². The number of ether oxygens (including phenoxy) is 13. The third kappa shape index (κ3) is 33.4. The predicted molar refractivity (Wildman–Crippen MR) is 481 cm³/mol. The first-order valence-corrected chi connectivity index (χ1v) is 45.6. The summed E-state index contributed by atoms with van der Waals surface area (Å²) in [6.07, 6.45) is 3.02. The predicted octanol–water partition coefficient (Wildman–Crippen LogP) is 4.77. The fraction of sp³-hybridized carbons (Fsp3) is 0.598. The lowest BCUT2D eigenvalue weighted by atomic mass is 9.87. The summed E-state index contributed by atoms with van der Waals surface area (Å²) in [5, 5.41) is 44.8. The highest BCUT2D eigenvalue weighted by Gasteiger charge is 2.60. The number of nitrogens with zero attached hydrogens (tertiary/aromatic N) is 9. The fourth-order valence-corrected chi connectivity index (χ4v) is 16.3. The van der Waals surface area contributed by atoms with E-state index in [1.807, 2.05) is 104 Å². The van der Waals surface area contributed by atoms with Crippen LogP contribution in [0.4, 0.5) is 0 Å². The van der Waals surface area contributed by atoms with Gasteiger partial charge in [0.25, 0.3) is 0 Å². The van der Waals surface area contributed by atoms with E-state index in [2.05, 4.69) is 41.9 Å². The number of likely N-dealkylation sites (N-methyl/N-ethyl adjacent to an activating group) is 2. The molecule has 10 rings (SSSR count). The van der Waals surface area contributed by atoms with Gasteiger partial charge in [-0.05, 0) is 112 Å². The number of amides is 8. The molecule has 0 unspecified atom stereocenters. The highest BCUT2D eigenvalue weighted by atomic mass is 35.5. The molecule has 131 heavy (non-hydrogen) atoms. The number of aliphatic hydroxyl groups excluding tert-OH is 2. The Morgan fingerprint density at radius 3 is 1.96 bits per heavy atom. The Morgan fingerprint density at radius 1 is 0.679 bits per heavy atom. The maximum absolute atomic E-state index is 16.1. The largest absolute Gasteiger partial charge is 0.457 e. The molecule has 1 saturated carbocycles. The molecule has 0 spiro atoms. The number of rotatable bonds is 52. The van der Waals surface area contributed by atoms with Gasteiger partial charge in [0, 0.05) is 107 Å². The van der Waals surface area contributed by atoms with Gasteiger partial charge >= 0.3 is 0 Å². The van der Waals surface area contributed by atoms with Crippen molar-refractivity contribution in [3.8, 4) is 22.8 Å². The molecule has 5 heterocycles. The van der Waals surface area contributed by atoms with Gasteiger partial charge in [-0.15, -0.1) is 5.10 Å². The SMILES string of the molecule is COC[C@@H]1NC(=O)[C@H](CCCNC(=O)CCOCCOCCOCCOCCC(=O)NCCOCc2cn(CCOCCOCCOCCOC[C@@]34CO[C@@H](O3)[C@H](NC(C)=O)[C@@H](O)[C@H]4O)nn2)N(Cc2ccc(Cl)cc2Oc2ccc(-c3cnc(CN(C)C)n3C)cc2)C(=O)C[C@@H](Cc2ccccc2)C(=O)N(C)[C@H]2CCCC[C@@H]2NC(=O)C[C@H](Cc2ccc(Cl)cc2)N(C)C1=O. The molecular formula is C92H130Cl2N14O23. The molecule has 1 aliphatic carbocycles. The van der Waals surface area contributed by atoms with Crippen molar-refractivity contribution in [2.24, 2.45) is 13.0 Å². The molecule has 7 N–H and O–H groups in total. The van der Waals surface area contributed by atoms with Crippen LogP contribution in [0.25, 0.3) is 11.3 Å². The average Bonchev–Trinajstić information content (AvgIpc) is 1.60. The third-order valence-corrected chi connectivity index (χ3v) is 23.5. The highest BCUT2D eigenvalue weighted by Crippen LogP contribution is 2.39. The number of hydrogen-bond donors (Lipinski definition) is 7. The zero-order valence-corrected chi connectivity index (χ0v) is 77.6. The fourth-order valence-electron chi connectivity index (χ4n) is 16.0. The van der Waals surface area contributed by atoms with Crippen molar-refractivity contribution < 1.29 is 110 Å². The Hall–Kier alpha value is -9.23. The minimum Gasteiger partial charge on any atom is -0.457 e. The molecule has 720 valence electrons. The third-order valence-electron chi connectivity index (χ3n) is 23.1. The lowest BCUT2D eigenvalue weighted by Crippen LogP contribution is -2.66. The van der Waals surface area contributed by atoms with Crippen molar-refractivity contribution in [2.45, 2.75) is 171 Å². The number of halogens is 2. The molecule has 6 aromatic rings. The van der Waals surface area contributed by atoms with Gasteiger partial charge in [0.1, 0.15) is 59.0 Å². The molecular weight excluding hydrogens is 1740 g/mol. The Labute approximate surface area is 775 Å². The summed E-state index contributed by atoms with van der Waals surface area (Å²) in [5.41, 5.74) is 3.23. The molecule has 2 aromatic heterocycles. The van der Waals surface area contributed by atoms with Gasteiger partial charge in [0.15, 0.2) is 6.29 Å². The van der Waals surface area contributed by atoms with Crippen LogP contribution in [0.15, 0.2) is 109 Å². The Bertz CT molecular complexity index is 4520. The first-order chi connectivity index (χ1) is 63.3. The molecule has 37 nitrogen and oxygen atoms in total. The second-order valence-electron chi connectivity index (χ2n) is 33.2. The number of carbonyl (C=O) groups is 8. The molecule has 0 radical (unpaired) electrons. The van der Waals surface area contributed by atoms with E-state index >= 15 is 19.2 Å². The number of aliphatic hydroxyl groups is 2. The number of fused-ring (bicyclic) bond motifs is 3. The van der Waals surface area contributed by atoms with Crippen molar-refractivity contribution in [3.63, 3.8) is 0 Å². The van der Waals surface area contributed by atoms with Crippen LogP contribution in [0.1, 0.15) is 99.3 Å². The second kappa shape index (κ2) is 54.8. The topological polar surface area (TPSA) is 419 Å². The molecule has 11 atom stereocenters. The van der Waals surface area contributed by atoms with Gasteiger partial charge in [-0.3, -0.25) is 38.4 Å². The van der Waals surface area contributed by atoms with Crippen molar-refractivity contribution in [1.29, 1.82) is 0 Å². The van der Waals surface area contributed by atoms with Crippen LogP contribution in [0, 0.1) is 5.92 Å². The quantitative estimate of drug-likeness (QED) is 0.0253. The van der Waals surface area contributed by atoms with Crippen LogP contribution in [0.3, 0.4) is 0 Å². The number of carbonyl (C=O) groups excluding carboxylic acids is 8. The summed E-state index contributed by atoms with van der Waals surface area (Å²) < 4.78 is 78.2. The second-order valence-corrected chi connectivity index (χ2v) is 34.1. The van der Waals surface area contributed by atoms with E-state index in [1.165, 1.54) is 23.8 Å². The van der Waals surface area contributed by atoms with E-state index in [1.54, 1.807) is 60.2 Å².